The average molecular weight is 282 g/mol. The summed E-state index contributed by atoms with van der Waals surface area (Å²) < 4.78 is 18.6. The Kier molecular flexibility index (Phi) is 3.22. The molecule has 3 rings (SSSR count). The predicted octanol–water partition coefficient (Wildman–Crippen LogP) is 4.35. The van der Waals surface area contributed by atoms with E-state index in [2.05, 4.69) is 11.2 Å². The number of aryl methyl sites for hydroxylation is 2. The summed E-state index contributed by atoms with van der Waals surface area (Å²) in [6.45, 7) is 4.03. The van der Waals surface area contributed by atoms with Gasteiger partial charge in [-0.2, -0.15) is 0 Å². The Balaban J connectivity index is 2.21. The van der Waals surface area contributed by atoms with Crippen LogP contribution in [0.25, 0.3) is 22.4 Å². The quantitative estimate of drug-likeness (QED) is 0.760. The molecule has 21 heavy (non-hydrogen) atoms. The van der Waals surface area contributed by atoms with Crippen LogP contribution in [0.2, 0.25) is 0 Å². The van der Waals surface area contributed by atoms with Crippen LogP contribution < -0.4 is 5.73 Å². The van der Waals surface area contributed by atoms with Crippen LogP contribution in [0, 0.1) is 19.7 Å². The number of nitrogens with zero attached hydrogens (tertiary/aromatic N) is 1. The van der Waals surface area contributed by atoms with Crippen molar-refractivity contribution < 1.29 is 8.91 Å². The largest absolute Gasteiger partial charge is 0.367 e. The summed E-state index contributed by atoms with van der Waals surface area (Å²) in [6.07, 6.45) is 0. The smallest absolute Gasteiger partial charge is 0.230 e. The van der Waals surface area contributed by atoms with Gasteiger partial charge in [0.05, 0.1) is 5.56 Å². The van der Waals surface area contributed by atoms with Crippen molar-refractivity contribution in [3.8, 4) is 22.4 Å². The third-order valence-corrected chi connectivity index (χ3v) is 3.33. The monoisotopic (exact) mass is 282 g/mol. The Bertz CT molecular complexity index is 788. The molecular weight excluding hydrogens is 267 g/mol. The molecule has 0 saturated heterocycles. The summed E-state index contributed by atoms with van der Waals surface area (Å²) in [6, 6.07) is 12.3. The fourth-order valence-electron chi connectivity index (χ4n) is 2.53. The first-order valence-electron chi connectivity index (χ1n) is 6.64. The van der Waals surface area contributed by atoms with Crippen LogP contribution >= 0.6 is 0 Å². The van der Waals surface area contributed by atoms with E-state index >= 15 is 0 Å². The molecule has 0 unspecified atom stereocenters. The molecule has 3 aromatic rings. The topological polar surface area (TPSA) is 52.0 Å². The molecule has 1 aromatic heterocycles. The van der Waals surface area contributed by atoms with E-state index in [1.807, 2.05) is 26.0 Å². The number of hydrogen-bond donors (Lipinski definition) is 1. The van der Waals surface area contributed by atoms with Gasteiger partial charge in [-0.3, -0.25) is 0 Å². The molecule has 4 heteroatoms. The lowest BCUT2D eigenvalue weighted by Gasteiger charge is -2.05. The molecule has 0 radical (unpaired) electrons. The molecule has 0 bridgehead atoms. The van der Waals surface area contributed by atoms with Crippen LogP contribution in [-0.2, 0) is 0 Å². The van der Waals surface area contributed by atoms with E-state index in [1.54, 1.807) is 12.1 Å². The van der Waals surface area contributed by atoms with Gasteiger partial charge in [0, 0.05) is 5.56 Å². The standard InChI is InChI=1S/C17H15FN2O/c1-10-6-11(2)8-13(7-10)16-15(17(19)21-20-16)12-4-3-5-14(18)9-12/h3-9H,19H2,1-2H3. The number of benzene rings is 2. The normalized spacial score (nSPS) is 10.8. The summed E-state index contributed by atoms with van der Waals surface area (Å²) in [5, 5.41) is 4.05. The van der Waals surface area contributed by atoms with E-state index in [-0.39, 0.29) is 11.7 Å². The minimum atomic E-state index is -0.320. The molecule has 0 aliphatic heterocycles. The number of anilines is 1. The summed E-state index contributed by atoms with van der Waals surface area (Å²) >= 11 is 0. The van der Waals surface area contributed by atoms with Gasteiger partial charge < -0.3 is 10.3 Å². The van der Waals surface area contributed by atoms with E-state index in [1.165, 1.54) is 12.1 Å². The van der Waals surface area contributed by atoms with E-state index in [9.17, 15) is 4.39 Å². The van der Waals surface area contributed by atoms with Crippen molar-refractivity contribution in [3.63, 3.8) is 0 Å². The molecule has 0 saturated carbocycles. The van der Waals surface area contributed by atoms with Crippen molar-refractivity contribution in [1.29, 1.82) is 0 Å². The van der Waals surface area contributed by atoms with Gasteiger partial charge >= 0.3 is 0 Å². The number of nitrogens with two attached hydrogens (primary N) is 1. The van der Waals surface area contributed by atoms with Crippen molar-refractivity contribution in [2.75, 3.05) is 5.73 Å². The molecule has 1 heterocycles. The third kappa shape index (κ3) is 2.52. The van der Waals surface area contributed by atoms with Crippen molar-refractivity contribution in [1.82, 2.24) is 5.16 Å². The average Bonchev–Trinajstić information content (AvgIpc) is 2.79. The molecule has 2 aromatic carbocycles. The second-order valence-corrected chi connectivity index (χ2v) is 5.16. The maximum atomic E-state index is 13.5. The number of halogens is 1. The Morgan fingerprint density at radius 1 is 1.00 bits per heavy atom. The predicted molar refractivity (Wildman–Crippen MR) is 81.2 cm³/mol. The van der Waals surface area contributed by atoms with Crippen molar-refractivity contribution >= 4 is 5.88 Å². The Labute approximate surface area is 122 Å². The summed E-state index contributed by atoms with van der Waals surface area (Å²) in [7, 11) is 0. The molecular formula is C17H15FN2O. The second kappa shape index (κ2) is 5.05. The number of rotatable bonds is 2. The van der Waals surface area contributed by atoms with Crippen LogP contribution in [0.15, 0.2) is 47.0 Å². The van der Waals surface area contributed by atoms with Crippen LogP contribution in [0.1, 0.15) is 11.1 Å². The van der Waals surface area contributed by atoms with E-state index in [4.69, 9.17) is 10.3 Å². The summed E-state index contributed by atoms with van der Waals surface area (Å²) in [4.78, 5) is 0. The van der Waals surface area contributed by atoms with Crippen molar-refractivity contribution in [3.05, 3.63) is 59.4 Å². The van der Waals surface area contributed by atoms with Crippen LogP contribution in [0.3, 0.4) is 0 Å². The number of nitrogen functional groups attached to an aromatic ring is 1. The fraction of sp³-hybridized carbons (Fsp3) is 0.118. The number of hydrogen-bond acceptors (Lipinski definition) is 3. The van der Waals surface area contributed by atoms with Gasteiger partial charge in [-0.1, -0.05) is 34.5 Å². The third-order valence-electron chi connectivity index (χ3n) is 3.33. The zero-order valence-corrected chi connectivity index (χ0v) is 11.9. The summed E-state index contributed by atoms with van der Waals surface area (Å²) in [5.74, 6) is -0.130. The lowest BCUT2D eigenvalue weighted by atomic mass is 9.98. The molecule has 0 aliphatic rings. The highest BCUT2D eigenvalue weighted by Gasteiger charge is 2.18. The molecule has 2 N–H and O–H groups in total. The van der Waals surface area contributed by atoms with Crippen molar-refractivity contribution in [2.24, 2.45) is 0 Å². The fourth-order valence-corrected chi connectivity index (χ4v) is 2.53. The van der Waals surface area contributed by atoms with E-state index < -0.39 is 0 Å². The lowest BCUT2D eigenvalue weighted by molar-refractivity contribution is 0.439. The second-order valence-electron chi connectivity index (χ2n) is 5.16. The van der Waals surface area contributed by atoms with Crippen molar-refractivity contribution in [2.45, 2.75) is 13.8 Å². The Morgan fingerprint density at radius 2 is 1.71 bits per heavy atom. The molecule has 0 fully saturated rings. The molecule has 0 amide bonds. The molecule has 3 nitrogen and oxygen atoms in total. The molecule has 106 valence electrons. The first kappa shape index (κ1) is 13.4. The first-order valence-corrected chi connectivity index (χ1v) is 6.64. The van der Waals surface area contributed by atoms with Gasteiger partial charge in [0.15, 0.2) is 0 Å². The van der Waals surface area contributed by atoms with Crippen LogP contribution in [0.5, 0.6) is 0 Å². The van der Waals surface area contributed by atoms with Gasteiger partial charge in [-0.05, 0) is 43.7 Å². The highest BCUT2D eigenvalue weighted by atomic mass is 19.1. The Hall–Kier alpha value is -2.62. The first-order chi connectivity index (χ1) is 10.0. The van der Waals surface area contributed by atoms with Gasteiger partial charge in [0.25, 0.3) is 0 Å². The highest BCUT2D eigenvalue weighted by Crippen LogP contribution is 2.36. The van der Waals surface area contributed by atoms with Crippen LogP contribution in [0.4, 0.5) is 10.3 Å². The van der Waals surface area contributed by atoms with Crippen LogP contribution in [-0.4, -0.2) is 5.16 Å². The maximum Gasteiger partial charge on any atom is 0.230 e. The molecule has 0 aliphatic carbocycles. The highest BCUT2D eigenvalue weighted by molar-refractivity contribution is 5.87. The van der Waals surface area contributed by atoms with Gasteiger partial charge in [-0.15, -0.1) is 0 Å². The summed E-state index contributed by atoms with van der Waals surface area (Å²) in [5.41, 5.74) is 10.9. The maximum absolute atomic E-state index is 13.5. The lowest BCUT2D eigenvalue weighted by Crippen LogP contribution is -1.89. The molecule has 0 atom stereocenters. The zero-order valence-electron chi connectivity index (χ0n) is 11.9. The number of aromatic nitrogens is 1. The Morgan fingerprint density at radius 3 is 2.38 bits per heavy atom. The minimum Gasteiger partial charge on any atom is -0.367 e. The van der Waals surface area contributed by atoms with Gasteiger partial charge in [0.2, 0.25) is 5.88 Å². The molecule has 0 spiro atoms. The SMILES string of the molecule is Cc1cc(C)cc(-c2noc(N)c2-c2cccc(F)c2)c1. The van der Waals surface area contributed by atoms with E-state index in [0.29, 0.717) is 16.8 Å². The minimum absolute atomic E-state index is 0.190. The zero-order chi connectivity index (χ0) is 15.0. The van der Waals surface area contributed by atoms with E-state index in [0.717, 1.165) is 16.7 Å². The van der Waals surface area contributed by atoms with Gasteiger partial charge in [0.1, 0.15) is 11.5 Å². The van der Waals surface area contributed by atoms with Gasteiger partial charge in [-0.25, -0.2) is 4.39 Å².